The van der Waals surface area contributed by atoms with E-state index in [-0.39, 0.29) is 11.9 Å². The van der Waals surface area contributed by atoms with Crippen LogP contribution in [0.15, 0.2) is 66.1 Å². The van der Waals surface area contributed by atoms with Crippen LogP contribution >= 0.6 is 23.4 Å². The topological polar surface area (TPSA) is 46.9 Å². The molecule has 4 nitrogen and oxygen atoms in total. The Kier molecular flexibility index (Phi) is 5.46. The van der Waals surface area contributed by atoms with E-state index in [1.54, 1.807) is 24.0 Å². The van der Waals surface area contributed by atoms with Crippen LogP contribution in [-0.4, -0.2) is 21.7 Å². The molecular weight excluding hydrogens is 354 g/mol. The van der Waals surface area contributed by atoms with Crippen molar-refractivity contribution in [2.45, 2.75) is 18.1 Å². The molecule has 0 saturated heterocycles. The number of rotatable bonds is 5. The maximum Gasteiger partial charge on any atom is 0.251 e. The number of benzene rings is 2. The van der Waals surface area contributed by atoms with Crippen LogP contribution in [0.4, 0.5) is 0 Å². The Morgan fingerprint density at radius 1 is 1.24 bits per heavy atom. The Balaban J connectivity index is 1.80. The van der Waals surface area contributed by atoms with Gasteiger partial charge in [-0.05, 0) is 49.1 Å². The van der Waals surface area contributed by atoms with Gasteiger partial charge in [0.05, 0.1) is 6.04 Å². The van der Waals surface area contributed by atoms with Crippen molar-refractivity contribution < 1.29 is 4.79 Å². The Hall–Kier alpha value is -2.24. The molecule has 1 atom stereocenters. The Morgan fingerprint density at radius 2 is 2.04 bits per heavy atom. The molecule has 6 heteroatoms. The zero-order chi connectivity index (χ0) is 17.8. The number of carbonyl (C=O) groups is 1. The number of imidazole rings is 1. The number of thioether (sulfide) groups is 1. The molecule has 2 aromatic carbocycles. The number of aromatic nitrogens is 2. The van der Waals surface area contributed by atoms with Gasteiger partial charge in [-0.15, -0.1) is 0 Å². The van der Waals surface area contributed by atoms with E-state index in [1.807, 2.05) is 66.4 Å². The lowest BCUT2D eigenvalue weighted by atomic mass is 10.1. The zero-order valence-electron chi connectivity index (χ0n) is 13.9. The van der Waals surface area contributed by atoms with Crippen molar-refractivity contribution in [2.75, 3.05) is 6.26 Å². The van der Waals surface area contributed by atoms with Crippen molar-refractivity contribution in [3.8, 4) is 5.69 Å². The van der Waals surface area contributed by atoms with E-state index < -0.39 is 0 Å². The average Bonchev–Trinajstić information content (AvgIpc) is 3.10. The van der Waals surface area contributed by atoms with Crippen LogP contribution in [0.5, 0.6) is 0 Å². The van der Waals surface area contributed by atoms with Crippen LogP contribution in [0.25, 0.3) is 5.69 Å². The molecule has 128 valence electrons. The minimum Gasteiger partial charge on any atom is -0.346 e. The lowest BCUT2D eigenvalue weighted by Gasteiger charge is -2.15. The molecule has 1 unspecified atom stereocenters. The van der Waals surface area contributed by atoms with Crippen LogP contribution in [-0.2, 0) is 0 Å². The number of nitrogens with zero attached hydrogens (tertiary/aromatic N) is 2. The van der Waals surface area contributed by atoms with Crippen LogP contribution in [0.1, 0.15) is 28.9 Å². The molecule has 1 aromatic heterocycles. The third-order valence-electron chi connectivity index (χ3n) is 3.87. The van der Waals surface area contributed by atoms with Gasteiger partial charge < -0.3 is 5.32 Å². The fourth-order valence-electron chi connectivity index (χ4n) is 2.57. The number of nitrogens with one attached hydrogen (secondary N) is 1. The maximum absolute atomic E-state index is 12.6. The number of hydrogen-bond donors (Lipinski definition) is 1. The summed E-state index contributed by atoms with van der Waals surface area (Å²) in [5, 5.41) is 4.55. The molecule has 0 aliphatic rings. The van der Waals surface area contributed by atoms with E-state index in [4.69, 9.17) is 11.6 Å². The fraction of sp³-hybridized carbons (Fsp3) is 0.158. The second-order valence-corrected chi connectivity index (χ2v) is 6.79. The summed E-state index contributed by atoms with van der Waals surface area (Å²) in [4.78, 5) is 16.9. The van der Waals surface area contributed by atoms with E-state index in [2.05, 4.69) is 10.3 Å². The molecule has 3 aromatic rings. The van der Waals surface area contributed by atoms with Gasteiger partial charge in [-0.3, -0.25) is 9.36 Å². The SMILES string of the molecule is CSc1nccn1-c1cccc(C(=O)NC(C)c2cccc(Cl)c2)c1. The third kappa shape index (κ3) is 4.06. The average molecular weight is 372 g/mol. The van der Waals surface area contributed by atoms with Crippen LogP contribution in [0.3, 0.4) is 0 Å². The van der Waals surface area contributed by atoms with E-state index in [0.29, 0.717) is 10.6 Å². The highest BCUT2D eigenvalue weighted by molar-refractivity contribution is 7.98. The number of amides is 1. The van der Waals surface area contributed by atoms with Crippen LogP contribution < -0.4 is 5.32 Å². The van der Waals surface area contributed by atoms with E-state index in [1.165, 1.54) is 0 Å². The Bertz CT molecular complexity index is 894. The first kappa shape index (κ1) is 17.6. The largest absolute Gasteiger partial charge is 0.346 e. The van der Waals surface area contributed by atoms with Crippen LogP contribution in [0, 0.1) is 0 Å². The first-order valence-electron chi connectivity index (χ1n) is 7.82. The Labute approximate surface area is 156 Å². The normalized spacial score (nSPS) is 12.0. The van der Waals surface area contributed by atoms with Gasteiger partial charge in [0.25, 0.3) is 5.91 Å². The van der Waals surface area contributed by atoms with Crippen molar-refractivity contribution in [3.05, 3.63) is 77.1 Å². The predicted molar refractivity (Wildman–Crippen MR) is 103 cm³/mol. The number of hydrogen-bond acceptors (Lipinski definition) is 3. The number of halogens is 1. The molecule has 0 aliphatic heterocycles. The second-order valence-electron chi connectivity index (χ2n) is 5.58. The van der Waals surface area contributed by atoms with Gasteiger partial charge in [0.1, 0.15) is 0 Å². The van der Waals surface area contributed by atoms with Crippen molar-refractivity contribution in [3.63, 3.8) is 0 Å². The highest BCUT2D eigenvalue weighted by Crippen LogP contribution is 2.20. The van der Waals surface area contributed by atoms with Gasteiger partial charge in [-0.2, -0.15) is 0 Å². The highest BCUT2D eigenvalue weighted by Gasteiger charge is 2.13. The molecule has 0 bridgehead atoms. The Morgan fingerprint density at radius 3 is 2.80 bits per heavy atom. The quantitative estimate of drug-likeness (QED) is 0.659. The molecule has 0 radical (unpaired) electrons. The smallest absolute Gasteiger partial charge is 0.251 e. The van der Waals surface area contributed by atoms with Gasteiger partial charge in [0, 0.05) is 28.7 Å². The minimum absolute atomic E-state index is 0.125. The lowest BCUT2D eigenvalue weighted by molar-refractivity contribution is 0.0940. The van der Waals surface area contributed by atoms with Gasteiger partial charge in [-0.25, -0.2) is 4.98 Å². The molecular formula is C19H18ClN3OS. The first-order chi connectivity index (χ1) is 12.1. The molecule has 1 heterocycles. The lowest BCUT2D eigenvalue weighted by Crippen LogP contribution is -2.26. The summed E-state index contributed by atoms with van der Waals surface area (Å²) in [5.41, 5.74) is 2.48. The molecule has 0 spiro atoms. The highest BCUT2D eigenvalue weighted by atomic mass is 35.5. The van der Waals surface area contributed by atoms with Gasteiger partial charge >= 0.3 is 0 Å². The van der Waals surface area contributed by atoms with Crippen molar-refractivity contribution >= 4 is 29.3 Å². The molecule has 0 fully saturated rings. The number of carbonyl (C=O) groups excluding carboxylic acids is 1. The van der Waals surface area contributed by atoms with E-state index in [0.717, 1.165) is 16.4 Å². The first-order valence-corrected chi connectivity index (χ1v) is 9.43. The second kappa shape index (κ2) is 7.76. The third-order valence-corrected chi connectivity index (χ3v) is 4.77. The summed E-state index contributed by atoms with van der Waals surface area (Å²) in [5.74, 6) is -0.125. The maximum atomic E-state index is 12.6. The summed E-state index contributed by atoms with van der Waals surface area (Å²) in [6.07, 6.45) is 5.61. The van der Waals surface area contributed by atoms with Crippen molar-refractivity contribution in [1.29, 1.82) is 0 Å². The molecule has 1 N–H and O–H groups in total. The van der Waals surface area contributed by atoms with E-state index >= 15 is 0 Å². The molecule has 1 amide bonds. The van der Waals surface area contributed by atoms with Gasteiger partial charge in [0.2, 0.25) is 0 Å². The summed E-state index contributed by atoms with van der Waals surface area (Å²) in [7, 11) is 0. The van der Waals surface area contributed by atoms with Crippen LogP contribution in [0.2, 0.25) is 5.02 Å². The summed E-state index contributed by atoms with van der Waals surface area (Å²) in [6.45, 7) is 1.94. The fourth-order valence-corrected chi connectivity index (χ4v) is 3.30. The molecule has 0 aliphatic carbocycles. The monoisotopic (exact) mass is 371 g/mol. The van der Waals surface area contributed by atoms with Crippen molar-refractivity contribution in [2.24, 2.45) is 0 Å². The predicted octanol–water partition coefficient (Wildman–Crippen LogP) is 4.74. The van der Waals surface area contributed by atoms with Crippen molar-refractivity contribution in [1.82, 2.24) is 14.9 Å². The van der Waals surface area contributed by atoms with Gasteiger partial charge in [-0.1, -0.05) is 41.6 Å². The summed E-state index contributed by atoms with van der Waals surface area (Å²) >= 11 is 7.58. The molecule has 25 heavy (non-hydrogen) atoms. The zero-order valence-corrected chi connectivity index (χ0v) is 15.5. The molecule has 0 saturated carbocycles. The van der Waals surface area contributed by atoms with E-state index in [9.17, 15) is 4.79 Å². The minimum atomic E-state index is -0.134. The molecule has 3 rings (SSSR count). The standard InChI is InChI=1S/C19H18ClN3OS/c1-13(14-5-3-7-16(20)11-14)22-18(24)15-6-4-8-17(12-15)23-10-9-21-19(23)25-2/h3-13H,1-2H3,(H,22,24). The summed E-state index contributed by atoms with van der Waals surface area (Å²) in [6, 6.07) is 14.9. The summed E-state index contributed by atoms with van der Waals surface area (Å²) < 4.78 is 1.96. The van der Waals surface area contributed by atoms with Gasteiger partial charge in [0.15, 0.2) is 5.16 Å².